The van der Waals surface area contributed by atoms with Crippen LogP contribution < -0.4 is 0 Å². The number of hydrogen-bond donors (Lipinski definition) is 1. The number of Topliss-reactive ketones (excluding diaryl/α,β-unsaturated/α-hetero) is 1. The van der Waals surface area contributed by atoms with Crippen LogP contribution >= 0.6 is 15.9 Å². The van der Waals surface area contributed by atoms with E-state index in [1.165, 1.54) is 0 Å². The number of hydrogen-bond acceptors (Lipinski definition) is 5. The van der Waals surface area contributed by atoms with E-state index in [2.05, 4.69) is 20.8 Å². The maximum Gasteiger partial charge on any atom is 0.196 e. The lowest BCUT2D eigenvalue weighted by Crippen LogP contribution is -2.36. The number of phenolic OH excluding ortho intramolecular Hbond substituents is 1. The summed E-state index contributed by atoms with van der Waals surface area (Å²) in [6, 6.07) is 3.52. The van der Waals surface area contributed by atoms with E-state index >= 15 is 0 Å². The van der Waals surface area contributed by atoms with Crippen LogP contribution in [0.1, 0.15) is 16.1 Å². The van der Waals surface area contributed by atoms with Gasteiger partial charge >= 0.3 is 0 Å². The molecule has 1 aromatic heterocycles. The SMILES string of the molecule is Cn1c(CN2CCOCC2)c(C(=O)C2CO2)c2cc(O)c(Br)cc21. The summed E-state index contributed by atoms with van der Waals surface area (Å²) >= 11 is 3.36. The number of ether oxygens (including phenoxy) is 2. The molecule has 2 saturated heterocycles. The summed E-state index contributed by atoms with van der Waals surface area (Å²) in [6.45, 7) is 4.29. The molecule has 6 nitrogen and oxygen atoms in total. The summed E-state index contributed by atoms with van der Waals surface area (Å²) in [5.74, 6) is 0.141. The molecule has 2 aliphatic rings. The van der Waals surface area contributed by atoms with Gasteiger partial charge < -0.3 is 19.1 Å². The van der Waals surface area contributed by atoms with Crippen molar-refractivity contribution >= 4 is 32.6 Å². The van der Waals surface area contributed by atoms with Crippen LogP contribution in [0.25, 0.3) is 10.9 Å². The van der Waals surface area contributed by atoms with Crippen molar-refractivity contribution < 1.29 is 19.4 Å². The zero-order valence-electron chi connectivity index (χ0n) is 13.4. The van der Waals surface area contributed by atoms with Gasteiger partial charge in [-0.25, -0.2) is 0 Å². The Morgan fingerprint density at radius 1 is 1.38 bits per heavy atom. The van der Waals surface area contributed by atoms with Crippen LogP contribution in [-0.2, 0) is 23.1 Å². The van der Waals surface area contributed by atoms with Crippen LogP contribution in [0.5, 0.6) is 5.75 Å². The molecule has 24 heavy (non-hydrogen) atoms. The van der Waals surface area contributed by atoms with Gasteiger partial charge in [0, 0.05) is 37.8 Å². The van der Waals surface area contributed by atoms with Crippen LogP contribution in [0.3, 0.4) is 0 Å². The second kappa shape index (κ2) is 6.15. The number of aromatic nitrogens is 1. The highest BCUT2D eigenvalue weighted by Crippen LogP contribution is 2.36. The lowest BCUT2D eigenvalue weighted by atomic mass is 10.0. The summed E-state index contributed by atoms with van der Waals surface area (Å²) in [5, 5.41) is 10.9. The molecule has 4 rings (SSSR count). The number of ketones is 1. The molecule has 128 valence electrons. The fraction of sp³-hybridized carbons (Fsp3) is 0.471. The first-order chi connectivity index (χ1) is 11.6. The molecule has 7 heteroatoms. The van der Waals surface area contributed by atoms with Crippen LogP contribution in [0, 0.1) is 0 Å². The fourth-order valence-electron chi connectivity index (χ4n) is 3.29. The zero-order valence-corrected chi connectivity index (χ0v) is 15.0. The highest BCUT2D eigenvalue weighted by molar-refractivity contribution is 9.10. The molecule has 1 atom stereocenters. The summed E-state index contributed by atoms with van der Waals surface area (Å²) < 4.78 is 13.3. The first-order valence-electron chi connectivity index (χ1n) is 8.02. The number of halogens is 1. The molecule has 2 aromatic rings. The van der Waals surface area contributed by atoms with Crippen molar-refractivity contribution in [2.24, 2.45) is 7.05 Å². The maximum absolute atomic E-state index is 12.8. The number of morpholine rings is 1. The number of benzene rings is 1. The maximum atomic E-state index is 12.8. The van der Waals surface area contributed by atoms with Crippen molar-refractivity contribution in [3.05, 3.63) is 27.9 Å². The molecule has 1 aromatic carbocycles. The molecule has 0 saturated carbocycles. The molecule has 3 heterocycles. The van der Waals surface area contributed by atoms with Gasteiger partial charge in [0.2, 0.25) is 0 Å². The van der Waals surface area contributed by atoms with E-state index in [9.17, 15) is 9.90 Å². The minimum absolute atomic E-state index is 0.00517. The second-order valence-electron chi connectivity index (χ2n) is 6.28. The molecule has 1 N–H and O–H groups in total. The lowest BCUT2D eigenvalue weighted by Gasteiger charge is -2.27. The number of carbonyl (C=O) groups excluding carboxylic acids is 1. The average Bonchev–Trinajstić information content (AvgIpc) is 3.39. The molecule has 0 bridgehead atoms. The van der Waals surface area contributed by atoms with E-state index in [0.29, 0.717) is 36.4 Å². The number of carbonyl (C=O) groups is 1. The third-order valence-electron chi connectivity index (χ3n) is 4.74. The van der Waals surface area contributed by atoms with Crippen LogP contribution in [0.15, 0.2) is 16.6 Å². The Morgan fingerprint density at radius 3 is 2.75 bits per heavy atom. The van der Waals surface area contributed by atoms with E-state index in [4.69, 9.17) is 9.47 Å². The normalized spacial score (nSPS) is 21.3. The largest absolute Gasteiger partial charge is 0.507 e. The van der Waals surface area contributed by atoms with E-state index in [1.54, 1.807) is 6.07 Å². The lowest BCUT2D eigenvalue weighted by molar-refractivity contribution is 0.0332. The van der Waals surface area contributed by atoms with Crippen molar-refractivity contribution in [1.29, 1.82) is 0 Å². The number of nitrogens with zero attached hydrogens (tertiary/aromatic N) is 2. The summed E-state index contributed by atoms with van der Waals surface area (Å²) in [7, 11) is 1.96. The number of epoxide rings is 1. The second-order valence-corrected chi connectivity index (χ2v) is 7.13. The van der Waals surface area contributed by atoms with Gasteiger partial charge in [0.25, 0.3) is 0 Å². The minimum Gasteiger partial charge on any atom is -0.507 e. The topological polar surface area (TPSA) is 67.2 Å². The zero-order chi connectivity index (χ0) is 16.8. The van der Waals surface area contributed by atoms with E-state index < -0.39 is 0 Å². The summed E-state index contributed by atoms with van der Waals surface area (Å²) in [4.78, 5) is 15.1. The van der Waals surface area contributed by atoms with Crippen LogP contribution in [-0.4, -0.2) is 59.4 Å². The van der Waals surface area contributed by atoms with Gasteiger partial charge in [-0.05, 0) is 28.1 Å². The first-order valence-corrected chi connectivity index (χ1v) is 8.81. The highest BCUT2D eigenvalue weighted by Gasteiger charge is 2.36. The van der Waals surface area contributed by atoms with Crippen molar-refractivity contribution in [2.45, 2.75) is 12.6 Å². The van der Waals surface area contributed by atoms with E-state index in [-0.39, 0.29) is 17.6 Å². The Kier molecular flexibility index (Phi) is 4.12. The van der Waals surface area contributed by atoms with Crippen molar-refractivity contribution in [3.8, 4) is 5.75 Å². The Hall–Kier alpha value is -1.41. The summed E-state index contributed by atoms with van der Waals surface area (Å²) in [5.41, 5.74) is 2.56. The predicted molar refractivity (Wildman–Crippen MR) is 92.5 cm³/mol. The Balaban J connectivity index is 1.84. The number of rotatable bonds is 4. The van der Waals surface area contributed by atoms with Gasteiger partial charge in [-0.15, -0.1) is 0 Å². The van der Waals surface area contributed by atoms with Gasteiger partial charge in [0.05, 0.1) is 35.4 Å². The highest BCUT2D eigenvalue weighted by atomic mass is 79.9. The molecular formula is C17H19BrN2O4. The van der Waals surface area contributed by atoms with Gasteiger partial charge in [0.1, 0.15) is 11.9 Å². The number of fused-ring (bicyclic) bond motifs is 1. The smallest absolute Gasteiger partial charge is 0.196 e. The molecule has 0 aliphatic carbocycles. The third-order valence-corrected chi connectivity index (χ3v) is 5.37. The quantitative estimate of drug-likeness (QED) is 0.634. The van der Waals surface area contributed by atoms with Gasteiger partial charge in [-0.3, -0.25) is 9.69 Å². The first kappa shape index (κ1) is 16.1. The van der Waals surface area contributed by atoms with E-state index in [0.717, 1.165) is 29.7 Å². The van der Waals surface area contributed by atoms with Gasteiger partial charge in [0.15, 0.2) is 5.78 Å². The Bertz CT molecular complexity index is 807. The molecule has 0 amide bonds. The van der Waals surface area contributed by atoms with Crippen molar-refractivity contribution in [3.63, 3.8) is 0 Å². The molecule has 2 fully saturated rings. The summed E-state index contributed by atoms with van der Waals surface area (Å²) in [6.07, 6.45) is -0.343. The number of phenols is 1. The Labute approximate surface area is 148 Å². The standard InChI is InChI=1S/C17H19BrN2O4/c1-19-12-7-11(18)14(21)6-10(12)16(17(22)15-9-24-15)13(19)8-20-2-4-23-5-3-20/h6-7,15,21H,2-5,8-9H2,1H3. The van der Waals surface area contributed by atoms with Crippen LogP contribution in [0.2, 0.25) is 0 Å². The Morgan fingerprint density at radius 2 is 2.08 bits per heavy atom. The van der Waals surface area contributed by atoms with Gasteiger partial charge in [-0.1, -0.05) is 0 Å². The number of aromatic hydroxyl groups is 1. The average molecular weight is 395 g/mol. The third kappa shape index (κ3) is 2.75. The number of aryl methyl sites for hydroxylation is 1. The van der Waals surface area contributed by atoms with Crippen molar-refractivity contribution in [2.75, 3.05) is 32.9 Å². The molecule has 1 unspecified atom stereocenters. The predicted octanol–water partition coefficient (Wildman–Crippen LogP) is 2.06. The van der Waals surface area contributed by atoms with Gasteiger partial charge in [-0.2, -0.15) is 0 Å². The molecule has 0 spiro atoms. The van der Waals surface area contributed by atoms with Crippen molar-refractivity contribution in [1.82, 2.24) is 9.47 Å². The monoisotopic (exact) mass is 394 g/mol. The molecular weight excluding hydrogens is 376 g/mol. The molecule has 2 aliphatic heterocycles. The van der Waals surface area contributed by atoms with Crippen LogP contribution in [0.4, 0.5) is 0 Å². The molecule has 0 radical (unpaired) electrons. The van der Waals surface area contributed by atoms with E-state index in [1.807, 2.05) is 17.7 Å². The minimum atomic E-state index is -0.343. The fourth-order valence-corrected chi connectivity index (χ4v) is 3.62.